The second-order valence-corrected chi connectivity index (χ2v) is 11.9. The smallest absolute Gasteiger partial charge is 0.292 e. The van der Waals surface area contributed by atoms with Crippen molar-refractivity contribution in [3.05, 3.63) is 41.0 Å². The van der Waals surface area contributed by atoms with Gasteiger partial charge in [-0.25, -0.2) is 9.20 Å². The monoisotopic (exact) mass is 547 g/mol. The highest BCUT2D eigenvalue weighted by Gasteiger charge is 2.28. The first-order valence-electron chi connectivity index (χ1n) is 10.5. The summed E-state index contributed by atoms with van der Waals surface area (Å²) in [6.45, 7) is 8.96. The first-order valence-corrected chi connectivity index (χ1v) is 13.4. The molecule has 0 saturated heterocycles. The van der Waals surface area contributed by atoms with Crippen LogP contribution in [0.1, 0.15) is 43.5 Å². The van der Waals surface area contributed by atoms with Crippen LogP contribution in [0.5, 0.6) is 0 Å². The van der Waals surface area contributed by atoms with Gasteiger partial charge < -0.3 is 0 Å². The lowest BCUT2D eigenvalue weighted by Gasteiger charge is -2.16. The third-order valence-corrected chi connectivity index (χ3v) is 7.12. The van der Waals surface area contributed by atoms with E-state index in [1.54, 1.807) is 11.4 Å². The van der Waals surface area contributed by atoms with Crippen molar-refractivity contribution in [1.82, 2.24) is 29.6 Å². The van der Waals surface area contributed by atoms with Crippen LogP contribution in [0.25, 0.3) is 11.3 Å². The van der Waals surface area contributed by atoms with Crippen LogP contribution in [0.3, 0.4) is 0 Å². The third kappa shape index (κ3) is 4.62. The van der Waals surface area contributed by atoms with Gasteiger partial charge in [0.1, 0.15) is 22.4 Å². The number of nitrogens with one attached hydrogen (secondary N) is 1. The van der Waals surface area contributed by atoms with Crippen LogP contribution in [0.4, 0.5) is 11.5 Å². The normalized spacial score (nSPS) is 13.0. The Morgan fingerprint density at radius 3 is 2.30 bits per heavy atom. The molecule has 0 amide bonds. The van der Waals surface area contributed by atoms with Crippen molar-refractivity contribution in [3.8, 4) is 11.8 Å². The first kappa shape index (κ1) is 26.1. The highest BCUT2D eigenvalue weighted by Crippen LogP contribution is 2.37. The summed E-state index contributed by atoms with van der Waals surface area (Å²) in [4.78, 5) is -1.42. The second kappa shape index (κ2) is 8.55. The number of hydrogen-bond acceptors (Lipinski definition) is 10. The minimum atomic E-state index is -4.90. The van der Waals surface area contributed by atoms with Crippen molar-refractivity contribution in [2.24, 2.45) is 10.2 Å². The molecule has 3 N–H and O–H groups in total. The summed E-state index contributed by atoms with van der Waals surface area (Å²) < 4.78 is 69.3. The van der Waals surface area contributed by atoms with Gasteiger partial charge in [0.25, 0.3) is 20.2 Å². The van der Waals surface area contributed by atoms with Gasteiger partial charge in [0.05, 0.1) is 22.0 Å². The van der Waals surface area contributed by atoms with Gasteiger partial charge in [-0.15, -0.1) is 20.4 Å². The maximum atomic E-state index is 12.1. The minimum Gasteiger partial charge on any atom is -0.292 e. The lowest BCUT2D eigenvalue weighted by atomic mass is 9.91. The van der Waals surface area contributed by atoms with E-state index < -0.39 is 41.1 Å². The molecule has 0 bridgehead atoms. The summed E-state index contributed by atoms with van der Waals surface area (Å²) in [6, 6.07) is 4.27. The molecule has 4 aromatic rings. The minimum absolute atomic E-state index is 0.0937. The molecule has 4 rings (SSSR count). The molecule has 0 fully saturated rings. The van der Waals surface area contributed by atoms with Crippen molar-refractivity contribution in [1.29, 1.82) is 5.26 Å². The summed E-state index contributed by atoms with van der Waals surface area (Å²) in [6.07, 6.45) is 0. The van der Waals surface area contributed by atoms with Gasteiger partial charge in [0.2, 0.25) is 5.65 Å². The summed E-state index contributed by atoms with van der Waals surface area (Å²) in [5.41, 5.74) is 0.371. The summed E-state index contributed by atoms with van der Waals surface area (Å²) in [5, 5.41) is 33.6. The molecule has 0 aliphatic rings. The van der Waals surface area contributed by atoms with Gasteiger partial charge in [0.15, 0.2) is 11.5 Å². The summed E-state index contributed by atoms with van der Waals surface area (Å²) in [5.74, 6) is 0.299. The van der Waals surface area contributed by atoms with E-state index in [4.69, 9.17) is 0 Å². The molecular formula is C20H21N9O6S2. The van der Waals surface area contributed by atoms with Crippen molar-refractivity contribution < 1.29 is 25.9 Å². The van der Waals surface area contributed by atoms with Crippen molar-refractivity contribution >= 4 is 37.4 Å². The van der Waals surface area contributed by atoms with Gasteiger partial charge in [0, 0.05) is 5.41 Å². The van der Waals surface area contributed by atoms with Crippen LogP contribution in [-0.4, -0.2) is 55.5 Å². The predicted molar refractivity (Wildman–Crippen MR) is 128 cm³/mol. The highest BCUT2D eigenvalue weighted by atomic mass is 32.2. The SMILES string of the molecule is Cc1nn(-c2cc(S(=O)(=O)O)ccc2S(=O)(=O)O)c(N=Nc2c(C(C)(C)C)[nH]n3c(C)nnc23)c1C#N. The molecule has 15 nitrogen and oxygen atoms in total. The van der Waals surface area contributed by atoms with E-state index in [1.165, 1.54) is 6.92 Å². The topological polar surface area (TPSA) is 221 Å². The Morgan fingerprint density at radius 1 is 1.05 bits per heavy atom. The van der Waals surface area contributed by atoms with Gasteiger partial charge in [-0.05, 0) is 32.0 Å². The van der Waals surface area contributed by atoms with Crippen LogP contribution >= 0.6 is 0 Å². The van der Waals surface area contributed by atoms with Crippen molar-refractivity contribution in [2.45, 2.75) is 49.8 Å². The van der Waals surface area contributed by atoms with Crippen molar-refractivity contribution in [2.75, 3.05) is 0 Å². The third-order valence-electron chi connectivity index (χ3n) is 5.37. The molecule has 3 heterocycles. The number of aryl methyl sites for hydroxylation is 2. The van der Waals surface area contributed by atoms with Crippen LogP contribution < -0.4 is 0 Å². The number of nitriles is 1. The first-order chi connectivity index (χ1) is 17.0. The highest BCUT2D eigenvalue weighted by molar-refractivity contribution is 7.86. The molecule has 0 aliphatic carbocycles. The fourth-order valence-corrected chi connectivity index (χ4v) is 4.74. The zero-order valence-electron chi connectivity index (χ0n) is 20.2. The van der Waals surface area contributed by atoms with Crippen LogP contribution in [-0.2, 0) is 25.7 Å². The van der Waals surface area contributed by atoms with Gasteiger partial charge in [-0.1, -0.05) is 20.8 Å². The molecule has 0 spiro atoms. The zero-order chi connectivity index (χ0) is 27.5. The molecular weight excluding hydrogens is 526 g/mol. The Labute approximate surface area is 211 Å². The average molecular weight is 548 g/mol. The maximum absolute atomic E-state index is 12.1. The molecule has 0 atom stereocenters. The van der Waals surface area contributed by atoms with E-state index in [2.05, 4.69) is 30.6 Å². The van der Waals surface area contributed by atoms with Crippen LogP contribution in [0.15, 0.2) is 38.2 Å². The van der Waals surface area contributed by atoms with Gasteiger partial charge in [-0.2, -0.15) is 27.2 Å². The van der Waals surface area contributed by atoms with E-state index in [0.717, 1.165) is 22.9 Å². The predicted octanol–water partition coefficient (Wildman–Crippen LogP) is 2.94. The van der Waals surface area contributed by atoms with Gasteiger partial charge >= 0.3 is 0 Å². The number of benzene rings is 1. The maximum Gasteiger partial charge on any atom is 0.296 e. The molecule has 194 valence electrons. The van der Waals surface area contributed by atoms with Gasteiger partial charge in [-0.3, -0.25) is 14.2 Å². The van der Waals surface area contributed by atoms with Crippen LogP contribution in [0, 0.1) is 25.2 Å². The number of azo groups is 1. The van der Waals surface area contributed by atoms with E-state index in [-0.39, 0.29) is 17.1 Å². The van der Waals surface area contributed by atoms with Crippen LogP contribution in [0.2, 0.25) is 0 Å². The quantitative estimate of drug-likeness (QED) is 0.245. The number of H-pyrrole nitrogens is 1. The molecule has 0 aliphatic heterocycles. The molecule has 37 heavy (non-hydrogen) atoms. The Morgan fingerprint density at radius 2 is 1.73 bits per heavy atom. The number of hydrogen-bond donors (Lipinski definition) is 3. The Hall–Kier alpha value is -3.98. The lowest BCUT2D eigenvalue weighted by molar-refractivity contribution is 0.477. The van der Waals surface area contributed by atoms with E-state index >= 15 is 0 Å². The number of rotatable bonds is 5. The largest absolute Gasteiger partial charge is 0.296 e. The second-order valence-electron chi connectivity index (χ2n) is 9.08. The molecule has 1 aromatic carbocycles. The average Bonchev–Trinajstić information content (AvgIpc) is 3.42. The fraction of sp³-hybridized carbons (Fsp3) is 0.300. The number of aromatic amines is 1. The Bertz CT molecular complexity index is 1850. The van der Waals surface area contributed by atoms with Crippen molar-refractivity contribution in [3.63, 3.8) is 0 Å². The molecule has 0 unspecified atom stereocenters. The molecule has 17 heteroatoms. The number of nitrogens with zero attached hydrogens (tertiary/aromatic N) is 8. The fourth-order valence-electron chi connectivity index (χ4n) is 3.59. The van der Waals surface area contributed by atoms with E-state index in [0.29, 0.717) is 22.9 Å². The standard InChI is InChI=1S/C20H21N9O6S2/c1-10-13(9-21)18(24-23-16-17(20(3,4)5)27-28-11(2)22-25-19(16)28)29(26-10)14-8-12(36(30,31)32)6-7-15(14)37(33,34)35/h6-8,27H,1-5H3,(H,30,31,32)(H,33,34,35). The molecule has 0 saturated carbocycles. The molecule has 3 aromatic heterocycles. The zero-order valence-corrected chi connectivity index (χ0v) is 21.8. The summed E-state index contributed by atoms with van der Waals surface area (Å²) >= 11 is 0. The Kier molecular flexibility index (Phi) is 6.03. The number of fused-ring (bicyclic) bond motifs is 1. The Balaban J connectivity index is 2.03. The van der Waals surface area contributed by atoms with E-state index in [1.807, 2.05) is 26.8 Å². The molecule has 0 radical (unpaired) electrons. The summed E-state index contributed by atoms with van der Waals surface area (Å²) in [7, 11) is -9.67. The number of aromatic nitrogens is 6. The lowest BCUT2D eigenvalue weighted by Crippen LogP contribution is -2.12. The van der Waals surface area contributed by atoms with E-state index in [9.17, 15) is 31.2 Å².